The Morgan fingerprint density at radius 3 is 2.53 bits per heavy atom. The number of hydrogen-bond donors (Lipinski definition) is 0. The lowest BCUT2D eigenvalue weighted by Crippen LogP contribution is -2.40. The fraction of sp³-hybridized carbons (Fsp3) is 0.360. The van der Waals surface area contributed by atoms with E-state index in [2.05, 4.69) is 15.2 Å². The number of benzene rings is 1. The highest BCUT2D eigenvalue weighted by molar-refractivity contribution is 7.10. The second kappa shape index (κ2) is 11.4. The van der Waals surface area contributed by atoms with Crippen LogP contribution in [0, 0.1) is 18.6 Å². The minimum atomic E-state index is -4.57. The number of aryl methyl sites for hydroxylation is 1. The number of carbonyl (C=O) groups is 1. The lowest BCUT2D eigenvalue weighted by Gasteiger charge is -2.31. The van der Waals surface area contributed by atoms with Gasteiger partial charge in [-0.2, -0.15) is 18.3 Å². The Bertz CT molecular complexity index is 1340. The molecule has 0 saturated carbocycles. The maximum absolute atomic E-state index is 14.0. The van der Waals surface area contributed by atoms with Gasteiger partial charge in [-0.15, -0.1) is 11.3 Å². The van der Waals surface area contributed by atoms with Crippen molar-refractivity contribution in [2.24, 2.45) is 5.16 Å². The predicted octanol–water partition coefficient (Wildman–Crippen LogP) is 5.42. The summed E-state index contributed by atoms with van der Waals surface area (Å²) in [6.07, 6.45) is -0.631. The minimum absolute atomic E-state index is 0.0675. The standard InChI is InChI=1S/C25H24F5N5O2S/c1-15-12-22(25(28,29)30)32-35(15)13-23(36)34-10-8-16(9-11-34)24-31-21(14-38-24)20(33-37-2)7-6-17-18(26)4-3-5-19(17)27/h3-7,12,14,16H,8-11,13H2,1-2H3. The molecule has 13 heteroatoms. The van der Waals surface area contributed by atoms with Crippen LogP contribution in [0.5, 0.6) is 0 Å². The number of halogens is 5. The molecule has 1 saturated heterocycles. The van der Waals surface area contributed by atoms with E-state index in [1.165, 1.54) is 43.6 Å². The van der Waals surface area contributed by atoms with Gasteiger partial charge in [0.05, 0.1) is 5.01 Å². The van der Waals surface area contributed by atoms with Crippen LogP contribution in [-0.4, -0.2) is 51.5 Å². The van der Waals surface area contributed by atoms with E-state index in [0.717, 1.165) is 27.9 Å². The molecule has 38 heavy (non-hydrogen) atoms. The molecule has 3 heterocycles. The van der Waals surface area contributed by atoms with Gasteiger partial charge < -0.3 is 9.74 Å². The number of hydrogen-bond acceptors (Lipinski definition) is 6. The molecule has 1 aliphatic heterocycles. The third-order valence-corrected chi connectivity index (χ3v) is 7.14. The Morgan fingerprint density at radius 2 is 1.92 bits per heavy atom. The molecule has 0 spiro atoms. The van der Waals surface area contributed by atoms with Crippen LogP contribution in [0.25, 0.3) is 6.08 Å². The molecule has 0 N–H and O–H groups in total. The number of carbonyl (C=O) groups excluding carboxylic acids is 1. The fourth-order valence-electron chi connectivity index (χ4n) is 4.10. The molecule has 4 rings (SSSR count). The predicted molar refractivity (Wildman–Crippen MR) is 132 cm³/mol. The second-order valence-corrected chi connectivity index (χ2v) is 9.57. The van der Waals surface area contributed by atoms with E-state index < -0.39 is 23.5 Å². The van der Waals surface area contributed by atoms with Gasteiger partial charge in [0.2, 0.25) is 5.91 Å². The molecule has 1 amide bonds. The van der Waals surface area contributed by atoms with Gasteiger partial charge >= 0.3 is 6.18 Å². The summed E-state index contributed by atoms with van der Waals surface area (Å²) in [4.78, 5) is 23.8. The molecule has 0 radical (unpaired) electrons. The second-order valence-electron chi connectivity index (χ2n) is 8.68. The zero-order chi connectivity index (χ0) is 27.4. The van der Waals surface area contributed by atoms with E-state index in [0.29, 0.717) is 31.6 Å². The number of thiazole rings is 1. The largest absolute Gasteiger partial charge is 0.435 e. The van der Waals surface area contributed by atoms with Crippen molar-refractivity contribution < 1.29 is 31.6 Å². The molecule has 0 bridgehead atoms. The van der Waals surface area contributed by atoms with Crippen LogP contribution < -0.4 is 0 Å². The molecular weight excluding hydrogens is 529 g/mol. The molecular formula is C25H24F5N5O2S. The number of nitrogens with zero attached hydrogens (tertiary/aromatic N) is 5. The smallest absolute Gasteiger partial charge is 0.399 e. The monoisotopic (exact) mass is 553 g/mol. The molecule has 202 valence electrons. The number of oxime groups is 1. The zero-order valence-electron chi connectivity index (χ0n) is 20.5. The van der Waals surface area contributed by atoms with Crippen molar-refractivity contribution in [2.75, 3.05) is 20.2 Å². The molecule has 0 unspecified atom stereocenters. The quantitative estimate of drug-likeness (QED) is 0.223. The number of likely N-dealkylation sites (tertiary alicyclic amines) is 1. The van der Waals surface area contributed by atoms with Gasteiger partial charge in [-0.1, -0.05) is 11.2 Å². The number of aromatic nitrogens is 3. The highest BCUT2D eigenvalue weighted by Crippen LogP contribution is 2.31. The Hall–Kier alpha value is -3.61. The van der Waals surface area contributed by atoms with E-state index in [9.17, 15) is 26.7 Å². The summed E-state index contributed by atoms with van der Waals surface area (Å²) < 4.78 is 67.7. The lowest BCUT2D eigenvalue weighted by atomic mass is 9.97. The van der Waals surface area contributed by atoms with E-state index >= 15 is 0 Å². The molecule has 2 aromatic heterocycles. The number of piperidine rings is 1. The maximum atomic E-state index is 14.0. The van der Waals surface area contributed by atoms with Gasteiger partial charge in [0, 0.05) is 35.6 Å². The molecule has 3 aromatic rings. The van der Waals surface area contributed by atoms with E-state index in [4.69, 9.17) is 4.84 Å². The van der Waals surface area contributed by atoms with E-state index in [1.54, 1.807) is 10.3 Å². The number of allylic oxidation sites excluding steroid dienone is 1. The molecule has 0 atom stereocenters. The van der Waals surface area contributed by atoms with Gasteiger partial charge in [-0.05, 0) is 50.1 Å². The van der Waals surface area contributed by atoms with Crippen molar-refractivity contribution in [2.45, 2.75) is 38.4 Å². The molecule has 7 nitrogen and oxygen atoms in total. The SMILES string of the molecule is CON=C(C=Cc1c(F)cccc1F)c1csc(C2CCN(C(=O)Cn3nc(C(F)(F)F)cc3C)CC2)n1. The first-order valence-electron chi connectivity index (χ1n) is 11.6. The fourth-order valence-corrected chi connectivity index (χ4v) is 5.08. The molecule has 1 fully saturated rings. The Kier molecular flexibility index (Phi) is 8.24. The van der Waals surface area contributed by atoms with Crippen molar-refractivity contribution in [3.8, 4) is 0 Å². The van der Waals surface area contributed by atoms with Crippen LogP contribution in [-0.2, 0) is 22.4 Å². The summed E-state index contributed by atoms with van der Waals surface area (Å²) in [5.74, 6) is -1.65. The van der Waals surface area contributed by atoms with Crippen LogP contribution in [0.15, 0.2) is 40.9 Å². The Balaban J connectivity index is 1.38. The van der Waals surface area contributed by atoms with Gasteiger partial charge in [0.25, 0.3) is 0 Å². The van der Waals surface area contributed by atoms with Gasteiger partial charge in [-0.25, -0.2) is 13.8 Å². The average molecular weight is 554 g/mol. The van der Waals surface area contributed by atoms with E-state index in [1.807, 2.05) is 0 Å². The summed E-state index contributed by atoms with van der Waals surface area (Å²) in [7, 11) is 1.35. The number of rotatable bonds is 7. The van der Waals surface area contributed by atoms with Crippen LogP contribution >= 0.6 is 11.3 Å². The molecule has 0 aliphatic carbocycles. The maximum Gasteiger partial charge on any atom is 0.435 e. The van der Waals surface area contributed by atoms with Crippen molar-refractivity contribution in [3.05, 3.63) is 75.0 Å². The Labute approximate surface area is 219 Å². The zero-order valence-corrected chi connectivity index (χ0v) is 21.3. The molecule has 1 aliphatic rings. The Morgan fingerprint density at radius 1 is 1.24 bits per heavy atom. The first kappa shape index (κ1) is 27.4. The molecule has 1 aromatic carbocycles. The average Bonchev–Trinajstić information content (AvgIpc) is 3.50. The van der Waals surface area contributed by atoms with Crippen molar-refractivity contribution in [1.82, 2.24) is 19.7 Å². The summed E-state index contributed by atoms with van der Waals surface area (Å²) in [6, 6.07) is 4.51. The lowest BCUT2D eigenvalue weighted by molar-refractivity contribution is -0.142. The normalized spacial score (nSPS) is 15.4. The summed E-state index contributed by atoms with van der Waals surface area (Å²) in [6.45, 7) is 2.07. The summed E-state index contributed by atoms with van der Waals surface area (Å²) in [5.41, 5.74) is -0.197. The van der Waals surface area contributed by atoms with Crippen LogP contribution in [0.3, 0.4) is 0 Å². The van der Waals surface area contributed by atoms with Crippen molar-refractivity contribution >= 4 is 29.0 Å². The summed E-state index contributed by atoms with van der Waals surface area (Å²) >= 11 is 1.40. The first-order valence-corrected chi connectivity index (χ1v) is 12.5. The van der Waals surface area contributed by atoms with Crippen molar-refractivity contribution in [1.29, 1.82) is 0 Å². The minimum Gasteiger partial charge on any atom is -0.399 e. The number of alkyl halides is 3. The van der Waals surface area contributed by atoms with E-state index in [-0.39, 0.29) is 35.3 Å². The van der Waals surface area contributed by atoms with Crippen LogP contribution in [0.1, 0.15) is 46.4 Å². The van der Waals surface area contributed by atoms with Crippen molar-refractivity contribution in [3.63, 3.8) is 0 Å². The topological polar surface area (TPSA) is 72.6 Å². The van der Waals surface area contributed by atoms with Gasteiger partial charge in [0.1, 0.15) is 36.7 Å². The third-order valence-electron chi connectivity index (χ3n) is 6.14. The highest BCUT2D eigenvalue weighted by atomic mass is 32.1. The third kappa shape index (κ3) is 6.26. The van der Waals surface area contributed by atoms with Gasteiger partial charge in [0.15, 0.2) is 5.69 Å². The van der Waals surface area contributed by atoms with Crippen LogP contribution in [0.4, 0.5) is 22.0 Å². The number of amides is 1. The highest BCUT2D eigenvalue weighted by Gasteiger charge is 2.35. The van der Waals surface area contributed by atoms with Gasteiger partial charge in [-0.3, -0.25) is 9.48 Å². The summed E-state index contributed by atoms with van der Waals surface area (Å²) in [5, 5.41) is 10.0. The first-order chi connectivity index (χ1) is 18.1. The van der Waals surface area contributed by atoms with Crippen LogP contribution in [0.2, 0.25) is 0 Å².